The molecule has 2 aromatic rings. The summed E-state index contributed by atoms with van der Waals surface area (Å²) in [5.41, 5.74) is 8.25. The number of benzene rings is 1. The van der Waals surface area contributed by atoms with Crippen molar-refractivity contribution in [1.29, 1.82) is 0 Å². The third kappa shape index (κ3) is 5.14. The van der Waals surface area contributed by atoms with E-state index in [2.05, 4.69) is 60.3 Å². The molecular formula is C22H35IN6O. The first-order chi connectivity index (χ1) is 13.8. The number of aliphatic imine (C=N–C) groups is 1. The Labute approximate surface area is 197 Å². The number of halogens is 1. The molecule has 30 heavy (non-hydrogen) atoms. The summed E-state index contributed by atoms with van der Waals surface area (Å²) in [6.45, 7) is 13.1. The molecule has 2 N–H and O–H groups in total. The van der Waals surface area contributed by atoms with Gasteiger partial charge in [0.2, 0.25) is 0 Å². The first-order valence-electron chi connectivity index (χ1n) is 10.3. The molecule has 1 atom stereocenters. The van der Waals surface area contributed by atoms with Crippen LogP contribution in [0.25, 0.3) is 0 Å². The molecule has 0 saturated carbocycles. The standard InChI is InChI=1S/C22H34N6O.HI/c1-13-14(2)16(4)19(17(5)15(13)3)10-24-22(23-6)25-18-8-9-21-26-20(12-29-7)27-28(21)11-18;/h18H,8-12H2,1-7H3,(H2,23,24,25);1H. The Kier molecular flexibility index (Phi) is 8.66. The number of aryl methyl sites for hydroxylation is 1. The summed E-state index contributed by atoms with van der Waals surface area (Å²) in [5.74, 6) is 2.61. The van der Waals surface area contributed by atoms with Gasteiger partial charge in [-0.3, -0.25) is 4.99 Å². The quantitative estimate of drug-likeness (QED) is 0.356. The van der Waals surface area contributed by atoms with Gasteiger partial charge in [0.05, 0.1) is 6.54 Å². The van der Waals surface area contributed by atoms with Crippen LogP contribution in [-0.4, -0.2) is 40.9 Å². The van der Waals surface area contributed by atoms with Crippen LogP contribution >= 0.6 is 24.0 Å². The molecule has 0 saturated heterocycles. The number of hydrogen-bond acceptors (Lipinski definition) is 4. The van der Waals surface area contributed by atoms with Crippen LogP contribution in [0.2, 0.25) is 0 Å². The number of nitrogens with zero attached hydrogens (tertiary/aromatic N) is 4. The molecule has 0 amide bonds. The van der Waals surface area contributed by atoms with Gasteiger partial charge in [0.1, 0.15) is 12.4 Å². The van der Waals surface area contributed by atoms with Crippen molar-refractivity contribution in [2.24, 2.45) is 4.99 Å². The number of hydrogen-bond donors (Lipinski definition) is 2. The van der Waals surface area contributed by atoms with Crippen LogP contribution in [0.1, 0.15) is 51.5 Å². The molecule has 0 fully saturated rings. The van der Waals surface area contributed by atoms with Gasteiger partial charge in [0, 0.05) is 33.2 Å². The first kappa shape index (κ1) is 24.6. The highest BCUT2D eigenvalue weighted by atomic mass is 127. The molecule has 1 aliphatic heterocycles. The van der Waals surface area contributed by atoms with E-state index in [1.165, 1.54) is 33.4 Å². The Hall–Kier alpha value is -1.68. The van der Waals surface area contributed by atoms with Crippen LogP contribution in [0.3, 0.4) is 0 Å². The molecule has 1 aliphatic rings. The minimum atomic E-state index is 0. The lowest BCUT2D eigenvalue weighted by molar-refractivity contribution is 0.177. The van der Waals surface area contributed by atoms with Crippen molar-refractivity contribution in [3.05, 3.63) is 45.0 Å². The largest absolute Gasteiger partial charge is 0.377 e. The summed E-state index contributed by atoms with van der Waals surface area (Å²) in [7, 11) is 3.49. The summed E-state index contributed by atoms with van der Waals surface area (Å²) < 4.78 is 7.14. The lowest BCUT2D eigenvalue weighted by atomic mass is 9.89. The fraction of sp³-hybridized carbons (Fsp3) is 0.591. The zero-order valence-electron chi connectivity index (χ0n) is 19.2. The molecule has 0 bridgehead atoms. The van der Waals surface area contributed by atoms with Gasteiger partial charge in [-0.25, -0.2) is 9.67 Å². The maximum absolute atomic E-state index is 5.15. The minimum absolute atomic E-state index is 0. The van der Waals surface area contributed by atoms with E-state index < -0.39 is 0 Å². The molecule has 1 unspecified atom stereocenters. The molecule has 166 valence electrons. The van der Waals surface area contributed by atoms with Crippen molar-refractivity contribution in [3.8, 4) is 0 Å². The summed E-state index contributed by atoms with van der Waals surface area (Å²) >= 11 is 0. The van der Waals surface area contributed by atoms with E-state index in [-0.39, 0.29) is 30.0 Å². The summed E-state index contributed by atoms with van der Waals surface area (Å²) in [5, 5.41) is 11.6. The number of aromatic nitrogens is 3. The zero-order valence-corrected chi connectivity index (χ0v) is 21.5. The van der Waals surface area contributed by atoms with Crippen molar-refractivity contribution >= 4 is 29.9 Å². The van der Waals surface area contributed by atoms with Crippen LogP contribution in [0.15, 0.2) is 4.99 Å². The second kappa shape index (κ2) is 10.6. The third-order valence-electron chi connectivity index (χ3n) is 6.33. The second-order valence-corrected chi connectivity index (χ2v) is 7.97. The third-order valence-corrected chi connectivity index (χ3v) is 6.33. The summed E-state index contributed by atoms with van der Waals surface area (Å²) in [6.07, 6.45) is 1.91. The normalized spacial score (nSPS) is 16.1. The van der Waals surface area contributed by atoms with E-state index in [0.29, 0.717) is 6.61 Å². The Balaban J connectivity index is 0.00000320. The van der Waals surface area contributed by atoms with E-state index in [4.69, 9.17) is 4.74 Å². The van der Waals surface area contributed by atoms with Gasteiger partial charge in [-0.2, -0.15) is 5.10 Å². The first-order valence-corrected chi connectivity index (χ1v) is 10.3. The highest BCUT2D eigenvalue weighted by Gasteiger charge is 2.22. The van der Waals surface area contributed by atoms with Crippen molar-refractivity contribution in [3.63, 3.8) is 0 Å². The molecule has 8 heteroatoms. The number of fused-ring (bicyclic) bond motifs is 1. The predicted molar refractivity (Wildman–Crippen MR) is 132 cm³/mol. The van der Waals surface area contributed by atoms with E-state index in [1.807, 2.05) is 11.7 Å². The number of rotatable bonds is 5. The topological polar surface area (TPSA) is 76.4 Å². The fourth-order valence-electron chi connectivity index (χ4n) is 4.07. The smallest absolute Gasteiger partial charge is 0.191 e. The van der Waals surface area contributed by atoms with E-state index >= 15 is 0 Å². The number of nitrogens with one attached hydrogen (secondary N) is 2. The molecule has 2 heterocycles. The Bertz CT molecular complexity index is 892. The second-order valence-electron chi connectivity index (χ2n) is 7.97. The summed E-state index contributed by atoms with van der Waals surface area (Å²) in [4.78, 5) is 8.99. The SMILES string of the molecule is CN=C(NCc1c(C)c(C)c(C)c(C)c1C)NC1CCc2nc(COC)nn2C1.I. The van der Waals surface area contributed by atoms with Crippen LogP contribution in [-0.2, 0) is 30.9 Å². The molecule has 0 radical (unpaired) electrons. The van der Waals surface area contributed by atoms with Gasteiger partial charge in [0.15, 0.2) is 11.8 Å². The highest BCUT2D eigenvalue weighted by molar-refractivity contribution is 14.0. The van der Waals surface area contributed by atoms with E-state index in [1.54, 1.807) is 7.11 Å². The molecule has 1 aromatic carbocycles. The molecule has 3 rings (SSSR count). The van der Waals surface area contributed by atoms with Crippen LogP contribution in [0.4, 0.5) is 0 Å². The van der Waals surface area contributed by atoms with Crippen molar-refractivity contribution in [2.45, 2.75) is 73.2 Å². The van der Waals surface area contributed by atoms with Crippen molar-refractivity contribution in [1.82, 2.24) is 25.4 Å². The van der Waals surface area contributed by atoms with Crippen molar-refractivity contribution in [2.75, 3.05) is 14.2 Å². The van der Waals surface area contributed by atoms with Crippen LogP contribution in [0.5, 0.6) is 0 Å². The average Bonchev–Trinajstić information content (AvgIpc) is 3.11. The zero-order chi connectivity index (χ0) is 21.1. The monoisotopic (exact) mass is 526 g/mol. The number of methoxy groups -OCH3 is 1. The maximum Gasteiger partial charge on any atom is 0.191 e. The van der Waals surface area contributed by atoms with Gasteiger partial charge in [-0.15, -0.1) is 24.0 Å². The molecule has 7 nitrogen and oxygen atoms in total. The predicted octanol–water partition coefficient (Wildman–Crippen LogP) is 3.26. The molecule has 0 aliphatic carbocycles. The van der Waals surface area contributed by atoms with E-state index in [9.17, 15) is 0 Å². The number of guanidine groups is 1. The fourth-order valence-corrected chi connectivity index (χ4v) is 4.07. The minimum Gasteiger partial charge on any atom is -0.377 e. The molecule has 1 aromatic heterocycles. The van der Waals surface area contributed by atoms with E-state index in [0.717, 1.165) is 43.5 Å². The lowest BCUT2D eigenvalue weighted by Crippen LogP contribution is -2.47. The number of ether oxygens (including phenoxy) is 1. The Morgan fingerprint density at radius 1 is 1.10 bits per heavy atom. The van der Waals surface area contributed by atoms with Gasteiger partial charge >= 0.3 is 0 Å². The Morgan fingerprint density at radius 2 is 1.73 bits per heavy atom. The van der Waals surface area contributed by atoms with Crippen LogP contribution < -0.4 is 10.6 Å². The lowest BCUT2D eigenvalue weighted by Gasteiger charge is -2.26. The van der Waals surface area contributed by atoms with Crippen molar-refractivity contribution < 1.29 is 4.74 Å². The molecule has 0 spiro atoms. The van der Waals surface area contributed by atoms with Gasteiger partial charge in [-0.1, -0.05) is 0 Å². The average molecular weight is 526 g/mol. The Morgan fingerprint density at radius 3 is 2.33 bits per heavy atom. The summed E-state index contributed by atoms with van der Waals surface area (Å²) in [6, 6.07) is 0.273. The van der Waals surface area contributed by atoms with Crippen LogP contribution in [0, 0.1) is 34.6 Å². The van der Waals surface area contributed by atoms with Gasteiger partial charge in [0.25, 0.3) is 0 Å². The van der Waals surface area contributed by atoms with Gasteiger partial charge < -0.3 is 15.4 Å². The molecular weight excluding hydrogens is 491 g/mol. The highest BCUT2D eigenvalue weighted by Crippen LogP contribution is 2.25. The maximum atomic E-state index is 5.15. The van der Waals surface area contributed by atoms with Gasteiger partial charge in [-0.05, 0) is 74.4 Å².